The van der Waals surface area contributed by atoms with Gasteiger partial charge in [-0.2, -0.15) is 5.26 Å². The molecule has 1 aromatic rings. The van der Waals surface area contributed by atoms with E-state index in [1.54, 1.807) is 4.90 Å². The molecule has 3 N–H and O–H groups in total. The van der Waals surface area contributed by atoms with E-state index in [9.17, 15) is 14.9 Å². The van der Waals surface area contributed by atoms with Gasteiger partial charge in [-0.1, -0.05) is 23.9 Å². The van der Waals surface area contributed by atoms with Crippen LogP contribution in [-0.4, -0.2) is 79.2 Å². The van der Waals surface area contributed by atoms with Crippen molar-refractivity contribution in [3.05, 3.63) is 40.4 Å². The summed E-state index contributed by atoms with van der Waals surface area (Å²) in [6, 6.07) is 10.5. The Balaban J connectivity index is 1.32. The SMILES string of the molecule is CCN1C(=O)C(CNc2ccc(CCN3CCCC3)cc2)S/C1=C(/C#N)C(=O)NCC1CCNCC1. The van der Waals surface area contributed by atoms with Gasteiger partial charge >= 0.3 is 0 Å². The zero-order valence-corrected chi connectivity index (χ0v) is 22.0. The van der Waals surface area contributed by atoms with Gasteiger partial charge in [0.1, 0.15) is 21.9 Å². The first-order valence-corrected chi connectivity index (χ1v) is 14.1. The topological polar surface area (TPSA) is 100 Å². The molecule has 0 bridgehead atoms. The summed E-state index contributed by atoms with van der Waals surface area (Å²) in [7, 11) is 0. The molecule has 1 aromatic carbocycles. The summed E-state index contributed by atoms with van der Waals surface area (Å²) in [5.74, 6) is -0.0297. The molecule has 0 saturated carbocycles. The Kier molecular flexibility index (Phi) is 9.67. The van der Waals surface area contributed by atoms with Crippen LogP contribution in [0.25, 0.3) is 0 Å². The second-order valence-corrected chi connectivity index (χ2v) is 11.0. The summed E-state index contributed by atoms with van der Waals surface area (Å²) < 4.78 is 0. The lowest BCUT2D eigenvalue weighted by Crippen LogP contribution is -2.37. The van der Waals surface area contributed by atoms with Crippen LogP contribution < -0.4 is 16.0 Å². The van der Waals surface area contributed by atoms with Gasteiger partial charge in [-0.15, -0.1) is 0 Å². The maximum absolute atomic E-state index is 13.1. The third kappa shape index (κ3) is 6.81. The second-order valence-electron chi connectivity index (χ2n) is 9.76. The standard InChI is InChI=1S/C27H38N6O2S/c1-2-33-26(35)24(19-30-22-7-5-20(6-8-22)11-16-32-14-3-4-15-32)36-27(33)23(17-28)25(34)31-18-21-9-12-29-13-10-21/h5-8,21,24,29-30H,2-4,9-16,18-19H2,1H3,(H,31,34)/b27-23-. The summed E-state index contributed by atoms with van der Waals surface area (Å²) in [5, 5.41) is 19.5. The highest BCUT2D eigenvalue weighted by atomic mass is 32.2. The molecule has 3 aliphatic rings. The van der Waals surface area contributed by atoms with Crippen LogP contribution in [0, 0.1) is 17.2 Å². The Morgan fingerprint density at radius 3 is 2.56 bits per heavy atom. The minimum atomic E-state index is -0.386. The Bertz CT molecular complexity index is 977. The Morgan fingerprint density at radius 2 is 1.89 bits per heavy atom. The van der Waals surface area contributed by atoms with Crippen molar-refractivity contribution >= 4 is 29.3 Å². The largest absolute Gasteiger partial charge is 0.383 e. The van der Waals surface area contributed by atoms with E-state index in [0.29, 0.717) is 30.6 Å². The van der Waals surface area contributed by atoms with Crippen molar-refractivity contribution in [2.24, 2.45) is 5.92 Å². The molecule has 194 valence electrons. The maximum atomic E-state index is 13.1. The molecule has 4 rings (SSSR count). The summed E-state index contributed by atoms with van der Waals surface area (Å²) in [4.78, 5) is 30.0. The molecule has 0 spiro atoms. The van der Waals surface area contributed by atoms with Gasteiger partial charge in [0.2, 0.25) is 5.91 Å². The van der Waals surface area contributed by atoms with Crippen molar-refractivity contribution in [3.63, 3.8) is 0 Å². The van der Waals surface area contributed by atoms with Crippen LogP contribution in [0.1, 0.15) is 38.2 Å². The molecule has 1 unspecified atom stereocenters. The van der Waals surface area contributed by atoms with Gasteiger partial charge < -0.3 is 25.8 Å². The highest BCUT2D eigenvalue weighted by Crippen LogP contribution is 2.37. The van der Waals surface area contributed by atoms with Crippen molar-refractivity contribution in [1.82, 2.24) is 20.4 Å². The quantitative estimate of drug-likeness (QED) is 0.329. The van der Waals surface area contributed by atoms with Crippen molar-refractivity contribution in [2.45, 2.75) is 44.3 Å². The fraction of sp³-hybridized carbons (Fsp3) is 0.593. The van der Waals surface area contributed by atoms with E-state index in [0.717, 1.165) is 44.6 Å². The number of nitriles is 1. The Labute approximate surface area is 218 Å². The van der Waals surface area contributed by atoms with E-state index in [4.69, 9.17) is 0 Å². The Hall–Kier alpha value is -2.54. The number of hydrogen-bond acceptors (Lipinski definition) is 7. The van der Waals surface area contributed by atoms with Gasteiger partial charge in [0.05, 0.1) is 0 Å². The molecule has 1 atom stereocenters. The average molecular weight is 511 g/mol. The number of nitrogens with one attached hydrogen (secondary N) is 3. The smallest absolute Gasteiger partial charge is 0.264 e. The average Bonchev–Trinajstić information content (AvgIpc) is 3.54. The van der Waals surface area contributed by atoms with Gasteiger partial charge in [-0.25, -0.2) is 0 Å². The van der Waals surface area contributed by atoms with Crippen molar-refractivity contribution in [1.29, 1.82) is 5.26 Å². The van der Waals surface area contributed by atoms with Gasteiger partial charge in [-0.05, 0) is 88.8 Å². The minimum absolute atomic E-state index is 0.0361. The molecular formula is C27H38N6O2S. The Morgan fingerprint density at radius 1 is 1.17 bits per heavy atom. The zero-order chi connectivity index (χ0) is 25.3. The fourth-order valence-electron chi connectivity index (χ4n) is 5.05. The van der Waals surface area contributed by atoms with Crippen LogP contribution in [0.15, 0.2) is 34.9 Å². The van der Waals surface area contributed by atoms with E-state index in [1.165, 1.54) is 43.3 Å². The molecule has 0 aliphatic carbocycles. The van der Waals surface area contributed by atoms with Gasteiger partial charge in [0, 0.05) is 31.9 Å². The second kappa shape index (κ2) is 13.1. The molecule has 3 heterocycles. The van der Waals surface area contributed by atoms with Gasteiger partial charge in [-0.3, -0.25) is 9.59 Å². The van der Waals surface area contributed by atoms with Crippen molar-refractivity contribution < 1.29 is 9.59 Å². The van der Waals surface area contributed by atoms with E-state index in [2.05, 4.69) is 51.2 Å². The number of thioether (sulfide) groups is 1. The maximum Gasteiger partial charge on any atom is 0.264 e. The molecule has 3 fully saturated rings. The van der Waals surface area contributed by atoms with Crippen LogP contribution >= 0.6 is 11.8 Å². The van der Waals surface area contributed by atoms with E-state index < -0.39 is 0 Å². The monoisotopic (exact) mass is 510 g/mol. The molecular weight excluding hydrogens is 472 g/mol. The molecule has 3 aliphatic heterocycles. The lowest BCUT2D eigenvalue weighted by atomic mass is 9.98. The van der Waals surface area contributed by atoms with E-state index in [-0.39, 0.29) is 22.6 Å². The predicted octanol–water partition coefficient (Wildman–Crippen LogP) is 2.55. The number of amides is 2. The number of anilines is 1. The molecule has 3 saturated heterocycles. The number of nitrogens with zero attached hydrogens (tertiary/aromatic N) is 3. The number of carbonyl (C=O) groups excluding carboxylic acids is 2. The number of rotatable bonds is 10. The first-order valence-electron chi connectivity index (χ1n) is 13.3. The van der Waals surface area contributed by atoms with Crippen LogP contribution in [0.4, 0.5) is 5.69 Å². The molecule has 0 radical (unpaired) electrons. The minimum Gasteiger partial charge on any atom is -0.383 e. The van der Waals surface area contributed by atoms with Crippen molar-refractivity contribution in [3.8, 4) is 6.07 Å². The summed E-state index contributed by atoms with van der Waals surface area (Å²) in [5.41, 5.74) is 2.32. The molecule has 0 aromatic heterocycles. The number of hydrogen-bond donors (Lipinski definition) is 3. The third-order valence-electron chi connectivity index (χ3n) is 7.28. The highest BCUT2D eigenvalue weighted by Gasteiger charge is 2.39. The van der Waals surface area contributed by atoms with Crippen LogP contribution in [0.2, 0.25) is 0 Å². The third-order valence-corrected chi connectivity index (χ3v) is 8.58. The first kappa shape index (κ1) is 26.5. The first-order chi connectivity index (χ1) is 17.6. The number of likely N-dealkylation sites (tertiary alicyclic amines) is 1. The summed E-state index contributed by atoms with van der Waals surface area (Å²) in [6.45, 7) is 8.74. The molecule has 8 nitrogen and oxygen atoms in total. The van der Waals surface area contributed by atoms with Crippen LogP contribution in [0.3, 0.4) is 0 Å². The molecule has 2 amide bonds. The van der Waals surface area contributed by atoms with Crippen LogP contribution in [0.5, 0.6) is 0 Å². The number of carbonyl (C=O) groups is 2. The molecule has 9 heteroatoms. The number of benzene rings is 1. The number of piperidine rings is 1. The van der Waals surface area contributed by atoms with Crippen molar-refractivity contribution in [2.75, 3.05) is 57.7 Å². The van der Waals surface area contributed by atoms with Gasteiger partial charge in [0.15, 0.2) is 0 Å². The lowest BCUT2D eigenvalue weighted by Gasteiger charge is -2.23. The van der Waals surface area contributed by atoms with Crippen LogP contribution in [-0.2, 0) is 16.0 Å². The molecule has 36 heavy (non-hydrogen) atoms. The summed E-state index contributed by atoms with van der Waals surface area (Å²) in [6.07, 6.45) is 5.70. The zero-order valence-electron chi connectivity index (χ0n) is 21.2. The highest BCUT2D eigenvalue weighted by molar-refractivity contribution is 8.04. The predicted molar refractivity (Wildman–Crippen MR) is 144 cm³/mol. The fourth-order valence-corrected chi connectivity index (χ4v) is 6.31. The van der Waals surface area contributed by atoms with E-state index >= 15 is 0 Å². The summed E-state index contributed by atoms with van der Waals surface area (Å²) >= 11 is 1.31. The van der Waals surface area contributed by atoms with Gasteiger partial charge in [0.25, 0.3) is 5.91 Å². The normalized spacial score (nSPS) is 22.5. The lowest BCUT2D eigenvalue weighted by molar-refractivity contribution is -0.127. The van der Waals surface area contributed by atoms with E-state index in [1.807, 2.05) is 6.92 Å².